The number of ketones is 1. The Morgan fingerprint density at radius 2 is 2.10 bits per heavy atom. The quantitative estimate of drug-likeness (QED) is 0.497. The van der Waals surface area contributed by atoms with E-state index in [-0.39, 0.29) is 23.7 Å². The highest BCUT2D eigenvalue weighted by atomic mass is 35.5. The van der Waals surface area contributed by atoms with Gasteiger partial charge in [0.05, 0.1) is 11.5 Å². The largest absolute Gasteiger partial charge is 0.507 e. The summed E-state index contributed by atoms with van der Waals surface area (Å²) in [6, 6.07) is 7.74. The maximum absolute atomic E-state index is 11.8. The van der Waals surface area contributed by atoms with Crippen molar-refractivity contribution in [2.45, 2.75) is 12.8 Å². The van der Waals surface area contributed by atoms with Crippen LogP contribution in [0.25, 0.3) is 0 Å². The Balaban J connectivity index is 1.79. The third-order valence-electron chi connectivity index (χ3n) is 2.76. The first-order valence-corrected chi connectivity index (χ1v) is 7.56. The van der Waals surface area contributed by atoms with Crippen LogP contribution in [0.5, 0.6) is 5.75 Å². The predicted octanol–water partition coefficient (Wildman–Crippen LogP) is 3.93. The van der Waals surface area contributed by atoms with Crippen molar-refractivity contribution < 1.29 is 19.4 Å². The summed E-state index contributed by atoms with van der Waals surface area (Å²) in [6.45, 7) is 0.113. The Hall–Kier alpha value is -1.85. The highest BCUT2D eigenvalue weighted by molar-refractivity contribution is 7.12. The van der Waals surface area contributed by atoms with E-state index in [0.29, 0.717) is 22.7 Å². The molecule has 2 aromatic rings. The number of aromatic hydroxyl groups is 1. The van der Waals surface area contributed by atoms with Crippen molar-refractivity contribution in [1.82, 2.24) is 0 Å². The predicted molar refractivity (Wildman–Crippen MR) is 81.3 cm³/mol. The van der Waals surface area contributed by atoms with Gasteiger partial charge in [-0.1, -0.05) is 17.7 Å². The summed E-state index contributed by atoms with van der Waals surface area (Å²) in [5.74, 6) is -0.802. The topological polar surface area (TPSA) is 63.6 Å². The van der Waals surface area contributed by atoms with Gasteiger partial charge in [-0.2, -0.15) is 0 Å². The van der Waals surface area contributed by atoms with E-state index < -0.39 is 5.97 Å². The molecule has 4 nitrogen and oxygen atoms in total. The number of halogens is 1. The molecule has 110 valence electrons. The molecule has 0 unspecified atom stereocenters. The van der Waals surface area contributed by atoms with Crippen molar-refractivity contribution in [2.24, 2.45) is 0 Å². The minimum absolute atomic E-state index is 0.0204. The van der Waals surface area contributed by atoms with Gasteiger partial charge in [-0.3, -0.25) is 4.79 Å². The number of hydrogen-bond donors (Lipinski definition) is 1. The molecule has 0 aliphatic rings. The van der Waals surface area contributed by atoms with Crippen LogP contribution < -0.4 is 0 Å². The zero-order valence-electron chi connectivity index (χ0n) is 11.0. The van der Waals surface area contributed by atoms with Gasteiger partial charge in [0.15, 0.2) is 5.78 Å². The van der Waals surface area contributed by atoms with Gasteiger partial charge >= 0.3 is 5.97 Å². The van der Waals surface area contributed by atoms with E-state index in [2.05, 4.69) is 0 Å². The molecule has 2 rings (SSSR count). The summed E-state index contributed by atoms with van der Waals surface area (Å²) in [5.41, 5.74) is 0.0204. The zero-order chi connectivity index (χ0) is 15.2. The molecule has 0 saturated heterocycles. The number of rotatable bonds is 6. The third-order valence-corrected chi connectivity index (χ3v) is 3.90. The monoisotopic (exact) mass is 324 g/mol. The molecule has 0 amide bonds. The minimum atomic E-state index is -0.654. The Morgan fingerprint density at radius 1 is 1.29 bits per heavy atom. The van der Waals surface area contributed by atoms with E-state index >= 15 is 0 Å². The lowest BCUT2D eigenvalue weighted by Gasteiger charge is -2.06. The highest BCUT2D eigenvalue weighted by Gasteiger charge is 2.13. The second kappa shape index (κ2) is 7.24. The number of hydrogen-bond acceptors (Lipinski definition) is 5. The lowest BCUT2D eigenvalue weighted by Crippen LogP contribution is -2.08. The molecule has 0 fully saturated rings. The van der Waals surface area contributed by atoms with Gasteiger partial charge in [0, 0.05) is 11.4 Å². The number of carbonyl (C=O) groups is 2. The van der Waals surface area contributed by atoms with Crippen LogP contribution in [-0.2, 0) is 4.74 Å². The molecular weight excluding hydrogens is 312 g/mol. The number of Topliss-reactive ketones (excluding diaryl/α,β-unsaturated/α-hetero) is 1. The van der Waals surface area contributed by atoms with Gasteiger partial charge in [0.25, 0.3) is 0 Å². The lowest BCUT2D eigenvalue weighted by atomic mass is 10.2. The Kier molecular flexibility index (Phi) is 5.36. The molecule has 0 bridgehead atoms. The normalized spacial score (nSPS) is 10.3. The number of phenolic OH excluding ortho intramolecular Hbond substituents is 1. The zero-order valence-corrected chi connectivity index (χ0v) is 12.6. The third kappa shape index (κ3) is 4.31. The lowest BCUT2D eigenvalue weighted by molar-refractivity contribution is 0.0491. The van der Waals surface area contributed by atoms with Crippen molar-refractivity contribution in [1.29, 1.82) is 0 Å². The number of phenols is 1. The molecule has 0 spiro atoms. The van der Waals surface area contributed by atoms with Crippen molar-refractivity contribution in [3.8, 4) is 5.75 Å². The van der Waals surface area contributed by atoms with Gasteiger partial charge in [-0.05, 0) is 36.1 Å². The fraction of sp³-hybridized carbons (Fsp3) is 0.200. The molecule has 1 N–H and O–H groups in total. The second-order valence-electron chi connectivity index (χ2n) is 4.30. The van der Waals surface area contributed by atoms with Crippen LogP contribution >= 0.6 is 22.9 Å². The van der Waals surface area contributed by atoms with E-state index in [0.717, 1.165) is 0 Å². The molecule has 0 radical (unpaired) electrons. The molecule has 1 aromatic heterocycles. The maximum Gasteiger partial charge on any atom is 0.341 e. The van der Waals surface area contributed by atoms with E-state index in [1.807, 2.05) is 11.4 Å². The Labute approximate surface area is 130 Å². The van der Waals surface area contributed by atoms with E-state index in [9.17, 15) is 14.7 Å². The molecule has 0 saturated carbocycles. The van der Waals surface area contributed by atoms with Gasteiger partial charge < -0.3 is 9.84 Å². The van der Waals surface area contributed by atoms with Gasteiger partial charge in [0.2, 0.25) is 0 Å². The number of benzene rings is 1. The van der Waals surface area contributed by atoms with Crippen LogP contribution in [0.2, 0.25) is 5.02 Å². The highest BCUT2D eigenvalue weighted by Crippen LogP contribution is 2.22. The van der Waals surface area contributed by atoms with Crippen LogP contribution in [0.3, 0.4) is 0 Å². The average molecular weight is 325 g/mol. The van der Waals surface area contributed by atoms with Crippen molar-refractivity contribution in [3.05, 3.63) is 51.2 Å². The first kappa shape index (κ1) is 15.5. The van der Waals surface area contributed by atoms with Crippen LogP contribution in [0.4, 0.5) is 0 Å². The average Bonchev–Trinajstić information content (AvgIpc) is 3.00. The molecule has 21 heavy (non-hydrogen) atoms. The molecule has 6 heteroatoms. The fourth-order valence-corrected chi connectivity index (χ4v) is 2.57. The molecule has 1 aromatic carbocycles. The summed E-state index contributed by atoms with van der Waals surface area (Å²) in [6.07, 6.45) is 0.749. The molecule has 0 aliphatic heterocycles. The van der Waals surface area contributed by atoms with Crippen LogP contribution in [0.1, 0.15) is 32.9 Å². The number of carbonyl (C=O) groups excluding carboxylic acids is 2. The summed E-state index contributed by atoms with van der Waals surface area (Å²) in [4.78, 5) is 24.2. The van der Waals surface area contributed by atoms with Crippen LogP contribution in [0.15, 0.2) is 35.7 Å². The van der Waals surface area contributed by atoms with Gasteiger partial charge in [-0.25, -0.2) is 4.79 Å². The molecular formula is C15H13ClO4S. The first-order valence-electron chi connectivity index (χ1n) is 6.30. The van der Waals surface area contributed by atoms with Crippen molar-refractivity contribution in [3.63, 3.8) is 0 Å². The first-order chi connectivity index (χ1) is 10.1. The van der Waals surface area contributed by atoms with Crippen LogP contribution in [-0.4, -0.2) is 23.5 Å². The SMILES string of the molecule is O=C(CCCOC(=O)c1cc(Cl)ccc1O)c1cccs1. The second-order valence-corrected chi connectivity index (χ2v) is 5.69. The summed E-state index contributed by atoms with van der Waals surface area (Å²) >= 11 is 7.15. The van der Waals surface area contributed by atoms with Crippen molar-refractivity contribution >= 4 is 34.7 Å². The standard InChI is InChI=1S/C15H13ClO4S/c16-10-5-6-12(17)11(9-10)15(19)20-7-1-3-13(18)14-4-2-8-21-14/h2,4-6,8-9,17H,1,3,7H2. The van der Waals surface area contributed by atoms with Gasteiger partial charge in [0.1, 0.15) is 11.3 Å². The Morgan fingerprint density at radius 3 is 2.81 bits per heavy atom. The molecule has 0 atom stereocenters. The van der Waals surface area contributed by atoms with Crippen LogP contribution in [0, 0.1) is 0 Å². The smallest absolute Gasteiger partial charge is 0.341 e. The fourth-order valence-electron chi connectivity index (χ4n) is 1.71. The van der Waals surface area contributed by atoms with E-state index in [1.165, 1.54) is 29.5 Å². The van der Waals surface area contributed by atoms with Gasteiger partial charge in [-0.15, -0.1) is 11.3 Å². The molecule has 0 aliphatic carbocycles. The number of thiophene rings is 1. The number of ether oxygens (including phenoxy) is 1. The molecule has 1 heterocycles. The summed E-state index contributed by atoms with van der Waals surface area (Å²) in [7, 11) is 0. The van der Waals surface area contributed by atoms with E-state index in [4.69, 9.17) is 16.3 Å². The summed E-state index contributed by atoms with van der Waals surface area (Å²) in [5, 5.41) is 11.7. The maximum atomic E-state index is 11.8. The van der Waals surface area contributed by atoms with E-state index in [1.54, 1.807) is 6.07 Å². The summed E-state index contributed by atoms with van der Waals surface area (Å²) < 4.78 is 5.03. The Bertz CT molecular complexity index is 637. The van der Waals surface area contributed by atoms with Crippen molar-refractivity contribution in [2.75, 3.05) is 6.61 Å². The minimum Gasteiger partial charge on any atom is -0.507 e. The number of esters is 1.